The fraction of sp³-hybridized carbons (Fsp3) is 0.143. The first-order valence-electron chi connectivity index (χ1n) is 5.66. The number of benzene rings is 1. The van der Waals surface area contributed by atoms with Gasteiger partial charge in [-0.05, 0) is 12.0 Å². The molecule has 0 bridgehead atoms. The number of hydrogen-bond donors (Lipinski definition) is 0. The number of furan rings is 1. The van der Waals surface area contributed by atoms with Gasteiger partial charge in [0.1, 0.15) is 11.3 Å². The summed E-state index contributed by atoms with van der Waals surface area (Å²) >= 11 is 0. The van der Waals surface area contributed by atoms with Gasteiger partial charge in [0.2, 0.25) is 5.71 Å². The Morgan fingerprint density at radius 3 is 2.53 bits per heavy atom. The molecule has 0 fully saturated rings. The van der Waals surface area contributed by atoms with E-state index >= 15 is 0 Å². The van der Waals surface area contributed by atoms with E-state index in [1.807, 2.05) is 6.07 Å². The summed E-state index contributed by atoms with van der Waals surface area (Å²) in [7, 11) is 0. The van der Waals surface area contributed by atoms with Crippen LogP contribution in [-0.4, -0.2) is 9.97 Å². The molecule has 3 rings (SSSR count). The number of rotatable bonds is 2. The van der Waals surface area contributed by atoms with Crippen LogP contribution in [0.2, 0.25) is 0 Å². The highest BCUT2D eigenvalue weighted by molar-refractivity contribution is 5.75. The molecule has 3 aromatic rings. The quantitative estimate of drug-likeness (QED) is 0.669. The summed E-state index contributed by atoms with van der Waals surface area (Å²) in [5.41, 5.74) is 3.76. The summed E-state index contributed by atoms with van der Waals surface area (Å²) in [6, 6.07) is 10.3. The predicted octanol–water partition coefficient (Wildman–Crippen LogP) is 3.45. The number of aryl methyl sites for hydroxylation is 1. The van der Waals surface area contributed by atoms with Gasteiger partial charge in [-0.3, -0.25) is 0 Å². The zero-order chi connectivity index (χ0) is 11.7. The molecule has 0 radical (unpaired) electrons. The first kappa shape index (κ1) is 10.0. The highest BCUT2D eigenvalue weighted by Crippen LogP contribution is 2.25. The number of fused-ring (bicyclic) bond motifs is 1. The van der Waals surface area contributed by atoms with Crippen molar-refractivity contribution in [1.82, 2.24) is 9.97 Å². The first-order valence-corrected chi connectivity index (χ1v) is 5.66. The van der Waals surface area contributed by atoms with Crippen molar-refractivity contribution in [2.24, 2.45) is 0 Å². The zero-order valence-corrected chi connectivity index (χ0v) is 9.55. The molecule has 17 heavy (non-hydrogen) atoms. The molecule has 0 atom stereocenters. The fourth-order valence-corrected chi connectivity index (χ4v) is 1.82. The van der Waals surface area contributed by atoms with Crippen LogP contribution in [0.5, 0.6) is 0 Å². The van der Waals surface area contributed by atoms with Gasteiger partial charge in [-0.25, -0.2) is 9.97 Å². The molecule has 0 N–H and O–H groups in total. The summed E-state index contributed by atoms with van der Waals surface area (Å²) in [6.45, 7) is 2.14. The molecule has 0 aliphatic carbocycles. The predicted molar refractivity (Wildman–Crippen MR) is 66.6 cm³/mol. The maximum Gasteiger partial charge on any atom is 0.245 e. The fourth-order valence-electron chi connectivity index (χ4n) is 1.82. The third-order valence-electron chi connectivity index (χ3n) is 2.81. The van der Waals surface area contributed by atoms with E-state index in [-0.39, 0.29) is 0 Å². The molecule has 0 aliphatic rings. The third kappa shape index (κ3) is 1.80. The molecule has 0 spiro atoms. The molecule has 0 saturated heterocycles. The number of aromatic nitrogens is 2. The van der Waals surface area contributed by atoms with Crippen LogP contribution in [0.1, 0.15) is 12.5 Å². The van der Waals surface area contributed by atoms with Crippen LogP contribution in [0.4, 0.5) is 0 Å². The van der Waals surface area contributed by atoms with E-state index in [0.29, 0.717) is 5.71 Å². The Balaban J connectivity index is 2.07. The molecular formula is C14H12N2O. The van der Waals surface area contributed by atoms with Gasteiger partial charge >= 0.3 is 0 Å². The van der Waals surface area contributed by atoms with Crippen molar-refractivity contribution in [1.29, 1.82) is 0 Å². The molecular weight excluding hydrogens is 212 g/mol. The Kier molecular flexibility index (Phi) is 2.37. The highest BCUT2D eigenvalue weighted by atomic mass is 16.3. The Morgan fingerprint density at radius 1 is 1.06 bits per heavy atom. The maximum atomic E-state index is 5.65. The smallest absolute Gasteiger partial charge is 0.245 e. The second-order valence-electron chi connectivity index (χ2n) is 3.91. The molecule has 1 aromatic carbocycles. The minimum Gasteiger partial charge on any atom is -0.436 e. The van der Waals surface area contributed by atoms with E-state index in [1.54, 1.807) is 12.4 Å². The molecule has 0 aliphatic heterocycles. The number of hydrogen-bond acceptors (Lipinski definition) is 3. The third-order valence-corrected chi connectivity index (χ3v) is 2.81. The van der Waals surface area contributed by atoms with Crippen LogP contribution < -0.4 is 0 Å². The largest absolute Gasteiger partial charge is 0.436 e. The number of nitrogens with zero attached hydrogens (tertiary/aromatic N) is 2. The van der Waals surface area contributed by atoms with E-state index in [1.165, 1.54) is 5.56 Å². The standard InChI is InChI=1S/C14H12N2O/c1-2-10-3-5-11(6-4-10)13-9-12-14(17-13)16-8-7-15-12/h3-9H,2H2,1H3. The zero-order valence-electron chi connectivity index (χ0n) is 9.55. The van der Waals surface area contributed by atoms with Crippen LogP contribution in [0.25, 0.3) is 22.6 Å². The lowest BCUT2D eigenvalue weighted by Crippen LogP contribution is -1.79. The van der Waals surface area contributed by atoms with Crippen molar-refractivity contribution in [3.05, 3.63) is 48.3 Å². The van der Waals surface area contributed by atoms with Gasteiger partial charge in [-0.2, -0.15) is 0 Å². The SMILES string of the molecule is CCc1ccc(-c2cc3nccnc3o2)cc1. The Hall–Kier alpha value is -2.16. The maximum absolute atomic E-state index is 5.65. The summed E-state index contributed by atoms with van der Waals surface area (Å²) in [5.74, 6) is 0.814. The van der Waals surface area contributed by atoms with Gasteiger partial charge in [-0.1, -0.05) is 31.2 Å². The minimum absolute atomic E-state index is 0.585. The van der Waals surface area contributed by atoms with Crippen LogP contribution in [0.15, 0.2) is 47.1 Å². The molecule has 84 valence electrons. The topological polar surface area (TPSA) is 38.9 Å². The molecule has 2 aromatic heterocycles. The van der Waals surface area contributed by atoms with Crippen LogP contribution in [0.3, 0.4) is 0 Å². The molecule has 0 saturated carbocycles. The summed E-state index contributed by atoms with van der Waals surface area (Å²) in [5, 5.41) is 0. The van der Waals surface area contributed by atoms with Crippen molar-refractivity contribution >= 4 is 11.2 Å². The minimum atomic E-state index is 0.585. The molecule has 3 heteroatoms. The van der Waals surface area contributed by atoms with Gasteiger partial charge in [0.05, 0.1) is 0 Å². The molecule has 3 nitrogen and oxygen atoms in total. The van der Waals surface area contributed by atoms with E-state index < -0.39 is 0 Å². The van der Waals surface area contributed by atoms with E-state index in [9.17, 15) is 0 Å². The highest BCUT2D eigenvalue weighted by Gasteiger charge is 2.07. The van der Waals surface area contributed by atoms with Crippen LogP contribution >= 0.6 is 0 Å². The Labute approximate surface area is 99.1 Å². The van der Waals surface area contributed by atoms with Gasteiger partial charge in [-0.15, -0.1) is 0 Å². The lowest BCUT2D eigenvalue weighted by molar-refractivity contribution is 0.617. The first-order chi connectivity index (χ1) is 8.36. The lowest BCUT2D eigenvalue weighted by Gasteiger charge is -1.98. The van der Waals surface area contributed by atoms with Gasteiger partial charge in [0.25, 0.3) is 0 Å². The van der Waals surface area contributed by atoms with Crippen molar-refractivity contribution in [3.8, 4) is 11.3 Å². The second kappa shape index (κ2) is 4.01. The van der Waals surface area contributed by atoms with Crippen molar-refractivity contribution in [2.75, 3.05) is 0 Å². The molecule has 0 amide bonds. The van der Waals surface area contributed by atoms with Gasteiger partial charge < -0.3 is 4.42 Å². The summed E-state index contributed by atoms with van der Waals surface area (Å²) < 4.78 is 5.65. The van der Waals surface area contributed by atoms with Gasteiger partial charge in [0.15, 0.2) is 0 Å². The second-order valence-corrected chi connectivity index (χ2v) is 3.91. The lowest BCUT2D eigenvalue weighted by atomic mass is 10.1. The summed E-state index contributed by atoms with van der Waals surface area (Å²) in [4.78, 5) is 8.34. The van der Waals surface area contributed by atoms with E-state index in [2.05, 4.69) is 41.2 Å². The van der Waals surface area contributed by atoms with Crippen molar-refractivity contribution in [3.63, 3.8) is 0 Å². The monoisotopic (exact) mass is 224 g/mol. The molecule has 0 unspecified atom stereocenters. The molecule has 2 heterocycles. The van der Waals surface area contributed by atoms with Crippen LogP contribution in [0, 0.1) is 0 Å². The van der Waals surface area contributed by atoms with Crippen molar-refractivity contribution < 1.29 is 4.42 Å². The van der Waals surface area contributed by atoms with Crippen molar-refractivity contribution in [2.45, 2.75) is 13.3 Å². The van der Waals surface area contributed by atoms with E-state index in [4.69, 9.17) is 4.42 Å². The Morgan fingerprint density at radius 2 is 1.82 bits per heavy atom. The normalized spacial score (nSPS) is 10.9. The Bertz CT molecular complexity index is 608. The van der Waals surface area contributed by atoms with E-state index in [0.717, 1.165) is 23.3 Å². The average Bonchev–Trinajstić information content (AvgIpc) is 2.82. The summed E-state index contributed by atoms with van der Waals surface area (Å²) in [6.07, 6.45) is 4.35. The average molecular weight is 224 g/mol. The van der Waals surface area contributed by atoms with Crippen LogP contribution in [-0.2, 0) is 6.42 Å². The van der Waals surface area contributed by atoms with Gasteiger partial charge in [0, 0.05) is 24.0 Å².